The molecule has 2 aliphatic heterocycles. The van der Waals surface area contributed by atoms with Gasteiger partial charge in [-0.15, -0.1) is 0 Å². The Labute approximate surface area is 163 Å². The summed E-state index contributed by atoms with van der Waals surface area (Å²) in [5, 5.41) is 1.97. The van der Waals surface area contributed by atoms with Crippen LogP contribution in [0.3, 0.4) is 0 Å². The van der Waals surface area contributed by atoms with Crippen molar-refractivity contribution in [1.82, 2.24) is 10.0 Å². The van der Waals surface area contributed by atoms with Crippen molar-refractivity contribution in [3.63, 3.8) is 0 Å². The molecular formula is C19H13FN2O3S2. The minimum atomic E-state index is -0.503. The van der Waals surface area contributed by atoms with E-state index in [0.717, 1.165) is 28.2 Å². The highest BCUT2D eigenvalue weighted by molar-refractivity contribution is 8.26. The van der Waals surface area contributed by atoms with Gasteiger partial charge in [0.05, 0.1) is 16.7 Å². The second-order valence-corrected chi connectivity index (χ2v) is 8.71. The summed E-state index contributed by atoms with van der Waals surface area (Å²) in [5.74, 6) is -2.22. The van der Waals surface area contributed by atoms with Gasteiger partial charge in [-0.1, -0.05) is 36.0 Å². The summed E-state index contributed by atoms with van der Waals surface area (Å²) in [5.41, 5.74) is 0.634. The first-order chi connectivity index (χ1) is 13.0. The number of carbonyl (C=O) groups is 3. The molecule has 0 spiro atoms. The number of halogens is 1. The topological polar surface area (TPSA) is 57.7 Å². The summed E-state index contributed by atoms with van der Waals surface area (Å²) in [7, 11) is 0. The SMILES string of the molecule is O=C1/C(=C\c2ccc(F)cc2)SC(=S)N1N1C(=O)[C@@H]2[C@H](C1=O)[C@@H]1C=C[C@@H]2C1. The fourth-order valence-corrected chi connectivity index (χ4v) is 5.67. The lowest BCUT2D eigenvalue weighted by molar-refractivity contribution is -0.159. The van der Waals surface area contributed by atoms with Crippen molar-refractivity contribution in [3.05, 3.63) is 52.7 Å². The quantitative estimate of drug-likeness (QED) is 0.331. The van der Waals surface area contributed by atoms with E-state index in [-0.39, 0.29) is 33.8 Å². The van der Waals surface area contributed by atoms with Crippen LogP contribution in [-0.4, -0.2) is 32.1 Å². The first-order valence-electron chi connectivity index (χ1n) is 8.55. The van der Waals surface area contributed by atoms with Crippen LogP contribution in [0.5, 0.6) is 0 Å². The molecule has 0 unspecified atom stereocenters. The van der Waals surface area contributed by atoms with Gasteiger partial charge in [-0.25, -0.2) is 4.39 Å². The number of thioether (sulfide) groups is 1. The number of fused-ring (bicyclic) bond motifs is 5. The van der Waals surface area contributed by atoms with E-state index in [1.165, 1.54) is 12.1 Å². The lowest BCUT2D eigenvalue weighted by Crippen LogP contribution is -2.49. The molecule has 1 aromatic carbocycles. The van der Waals surface area contributed by atoms with E-state index in [4.69, 9.17) is 12.2 Å². The molecule has 2 saturated heterocycles. The molecule has 8 heteroatoms. The highest BCUT2D eigenvalue weighted by Crippen LogP contribution is 2.53. The molecule has 1 aromatic rings. The van der Waals surface area contributed by atoms with E-state index >= 15 is 0 Å². The second-order valence-electron chi connectivity index (χ2n) is 7.03. The minimum Gasteiger partial charge on any atom is -0.272 e. The maximum Gasteiger partial charge on any atom is 0.285 e. The van der Waals surface area contributed by atoms with Crippen molar-refractivity contribution in [3.8, 4) is 0 Å². The van der Waals surface area contributed by atoms with Crippen LogP contribution in [0.2, 0.25) is 0 Å². The van der Waals surface area contributed by atoms with Crippen LogP contribution in [0.25, 0.3) is 6.08 Å². The monoisotopic (exact) mass is 400 g/mol. The lowest BCUT2D eigenvalue weighted by Gasteiger charge is -2.25. The first-order valence-corrected chi connectivity index (χ1v) is 9.78. The van der Waals surface area contributed by atoms with Crippen LogP contribution in [0.4, 0.5) is 4.39 Å². The van der Waals surface area contributed by atoms with E-state index in [1.54, 1.807) is 18.2 Å². The Balaban J connectivity index is 1.45. The molecule has 3 amide bonds. The van der Waals surface area contributed by atoms with Crippen LogP contribution in [0, 0.1) is 29.5 Å². The van der Waals surface area contributed by atoms with Gasteiger partial charge in [0, 0.05) is 0 Å². The zero-order valence-electron chi connectivity index (χ0n) is 13.9. The van der Waals surface area contributed by atoms with Crippen LogP contribution in [0.15, 0.2) is 41.3 Å². The van der Waals surface area contributed by atoms with Gasteiger partial charge in [0.15, 0.2) is 4.32 Å². The number of hydrazine groups is 1. The maximum atomic E-state index is 13.1. The number of carbonyl (C=O) groups excluding carboxylic acids is 3. The molecular weight excluding hydrogens is 387 g/mol. The van der Waals surface area contributed by atoms with Crippen LogP contribution < -0.4 is 0 Å². The van der Waals surface area contributed by atoms with E-state index in [2.05, 4.69) is 0 Å². The minimum absolute atomic E-state index is 0.0645. The third-order valence-electron chi connectivity index (χ3n) is 5.59. The number of rotatable bonds is 2. The zero-order valence-corrected chi connectivity index (χ0v) is 15.5. The molecule has 1 saturated carbocycles. The molecule has 5 rings (SSSR count). The summed E-state index contributed by atoms with van der Waals surface area (Å²) in [6.07, 6.45) is 6.40. The standard InChI is InChI=1S/C19H13FN2O3S2/c20-12-5-1-9(2-6-12)7-13-16(23)22(19(26)27-13)21-17(24)14-10-3-4-11(8-10)15(14)18(21)25/h1-7,10-11,14-15H,8H2/b13-7+/t10-,11-,14-,15+/m1/s1. The van der Waals surface area contributed by atoms with Crippen molar-refractivity contribution in [2.24, 2.45) is 23.7 Å². The fourth-order valence-electron chi connectivity index (χ4n) is 4.43. The van der Waals surface area contributed by atoms with Crippen LogP contribution in [0.1, 0.15) is 12.0 Å². The predicted octanol–water partition coefficient (Wildman–Crippen LogP) is 2.75. The fraction of sp³-hybridized carbons (Fsp3) is 0.263. The van der Waals surface area contributed by atoms with Gasteiger partial charge >= 0.3 is 0 Å². The van der Waals surface area contributed by atoms with Gasteiger partial charge in [-0.3, -0.25) is 14.4 Å². The number of allylic oxidation sites excluding steroid dienone is 2. The van der Waals surface area contributed by atoms with Crippen molar-refractivity contribution in [1.29, 1.82) is 0 Å². The summed E-state index contributed by atoms with van der Waals surface area (Å²) < 4.78 is 13.2. The molecule has 4 aliphatic rings. The molecule has 0 radical (unpaired) electrons. The third kappa shape index (κ3) is 2.36. The van der Waals surface area contributed by atoms with Gasteiger partial charge in [0.2, 0.25) is 0 Å². The maximum absolute atomic E-state index is 13.1. The largest absolute Gasteiger partial charge is 0.285 e. The number of hydrogen-bond acceptors (Lipinski definition) is 5. The lowest BCUT2D eigenvalue weighted by atomic mass is 9.85. The Morgan fingerprint density at radius 2 is 1.59 bits per heavy atom. The van der Waals surface area contributed by atoms with Crippen molar-refractivity contribution < 1.29 is 18.8 Å². The highest BCUT2D eigenvalue weighted by atomic mass is 32.2. The third-order valence-corrected chi connectivity index (χ3v) is 6.87. The number of thiocarbonyl (C=S) groups is 1. The highest BCUT2D eigenvalue weighted by Gasteiger charge is 2.62. The molecule has 27 heavy (non-hydrogen) atoms. The Morgan fingerprint density at radius 1 is 1.00 bits per heavy atom. The summed E-state index contributed by atoms with van der Waals surface area (Å²) in [4.78, 5) is 39.0. The number of benzene rings is 1. The normalized spacial score (nSPS) is 33.1. The Kier molecular flexibility index (Phi) is 3.64. The number of nitrogens with zero attached hydrogens (tertiary/aromatic N) is 2. The van der Waals surface area contributed by atoms with Gasteiger partial charge in [0.1, 0.15) is 5.82 Å². The Morgan fingerprint density at radius 3 is 2.19 bits per heavy atom. The first kappa shape index (κ1) is 16.8. The van der Waals surface area contributed by atoms with Crippen molar-refractivity contribution in [2.75, 3.05) is 0 Å². The molecule has 0 N–H and O–H groups in total. The van der Waals surface area contributed by atoms with Gasteiger partial charge < -0.3 is 0 Å². The Bertz CT molecular complexity index is 942. The molecule has 3 fully saturated rings. The number of amides is 3. The molecule has 2 heterocycles. The smallest absolute Gasteiger partial charge is 0.272 e. The van der Waals surface area contributed by atoms with E-state index in [0.29, 0.717) is 10.5 Å². The Hall–Kier alpha value is -2.32. The van der Waals surface area contributed by atoms with Crippen molar-refractivity contribution >= 4 is 52.1 Å². The summed E-state index contributed by atoms with van der Waals surface area (Å²) >= 11 is 6.32. The summed E-state index contributed by atoms with van der Waals surface area (Å²) in [6, 6.07) is 5.68. The molecule has 2 bridgehead atoms. The average molecular weight is 400 g/mol. The molecule has 5 nitrogen and oxygen atoms in total. The van der Waals surface area contributed by atoms with Gasteiger partial charge in [0.25, 0.3) is 17.7 Å². The van der Waals surface area contributed by atoms with Gasteiger partial charge in [-0.05, 0) is 54.2 Å². The van der Waals surface area contributed by atoms with E-state index in [1.807, 2.05) is 12.2 Å². The molecule has 136 valence electrons. The predicted molar refractivity (Wildman–Crippen MR) is 101 cm³/mol. The second kappa shape index (κ2) is 5.84. The van der Waals surface area contributed by atoms with Crippen LogP contribution in [-0.2, 0) is 14.4 Å². The zero-order chi connectivity index (χ0) is 18.9. The van der Waals surface area contributed by atoms with E-state index < -0.39 is 17.7 Å². The number of hydrogen-bond donors (Lipinski definition) is 0. The van der Waals surface area contributed by atoms with Gasteiger partial charge in [-0.2, -0.15) is 10.0 Å². The van der Waals surface area contributed by atoms with E-state index in [9.17, 15) is 18.8 Å². The number of imide groups is 1. The molecule has 4 atom stereocenters. The van der Waals surface area contributed by atoms with Crippen molar-refractivity contribution in [2.45, 2.75) is 6.42 Å². The van der Waals surface area contributed by atoms with Crippen LogP contribution >= 0.6 is 24.0 Å². The average Bonchev–Trinajstić information content (AvgIpc) is 3.37. The summed E-state index contributed by atoms with van der Waals surface area (Å²) in [6.45, 7) is 0. The molecule has 2 aliphatic carbocycles. The molecule has 0 aromatic heterocycles.